The number of hydrogen-bond acceptors (Lipinski definition) is 4. The van der Waals surface area contributed by atoms with Gasteiger partial charge in [0.25, 0.3) is 0 Å². The van der Waals surface area contributed by atoms with E-state index in [1.165, 1.54) is 0 Å². The Morgan fingerprint density at radius 2 is 1.93 bits per heavy atom. The highest BCUT2D eigenvalue weighted by atomic mass is 32.2. The van der Waals surface area contributed by atoms with Crippen LogP contribution in [0.25, 0.3) is 0 Å². The lowest BCUT2D eigenvalue weighted by Gasteiger charge is -2.22. The lowest BCUT2D eigenvalue weighted by molar-refractivity contribution is 0.580. The molecule has 0 spiro atoms. The minimum atomic E-state index is -2.81. The van der Waals surface area contributed by atoms with Crippen molar-refractivity contribution in [2.45, 2.75) is 25.5 Å². The van der Waals surface area contributed by atoms with E-state index in [0.717, 1.165) is 6.54 Å². The molecule has 0 aromatic rings. The Morgan fingerprint density at radius 1 is 1.36 bits per heavy atom. The quantitative estimate of drug-likeness (QED) is 0.677. The third-order valence-corrected chi connectivity index (χ3v) is 5.09. The Kier molecular flexibility index (Phi) is 6.09. The Balaban J connectivity index is 3.68. The number of nitrogens with one attached hydrogen (secondary N) is 1. The van der Waals surface area contributed by atoms with Crippen molar-refractivity contribution in [1.29, 1.82) is 0 Å². The second-order valence-corrected chi connectivity index (χ2v) is 7.86. The van der Waals surface area contributed by atoms with Gasteiger partial charge in [-0.2, -0.15) is 11.8 Å². The first-order valence-corrected chi connectivity index (χ1v) is 7.84. The highest BCUT2D eigenvalue weighted by molar-refractivity contribution is 7.99. The topological polar surface area (TPSA) is 46.2 Å². The number of hydrogen-bond donors (Lipinski definition) is 1. The molecule has 5 heteroatoms. The summed E-state index contributed by atoms with van der Waals surface area (Å²) in [6.07, 6.45) is 2.06. The maximum Gasteiger partial charge on any atom is 0.151 e. The number of thioether (sulfide) groups is 1. The maximum atomic E-state index is 11.1. The molecule has 86 valence electrons. The molecule has 3 nitrogen and oxygen atoms in total. The molecular formula is C9H21NO2S2. The van der Waals surface area contributed by atoms with Crippen molar-refractivity contribution in [3.63, 3.8) is 0 Å². The lowest BCUT2D eigenvalue weighted by Crippen LogP contribution is -2.34. The van der Waals surface area contributed by atoms with E-state index in [1.54, 1.807) is 18.7 Å². The smallest absolute Gasteiger partial charge is 0.151 e. The molecule has 0 rings (SSSR count). The standard InChI is InChI=1S/C9H21NO2S2/c1-5-14(11,12)7-6-10-8-9(2,3)13-4/h10H,5-8H2,1-4H3. The average molecular weight is 239 g/mol. The third-order valence-electron chi connectivity index (χ3n) is 2.13. The summed E-state index contributed by atoms with van der Waals surface area (Å²) in [5.41, 5.74) is 0. The summed E-state index contributed by atoms with van der Waals surface area (Å²) in [5, 5.41) is 3.17. The summed E-state index contributed by atoms with van der Waals surface area (Å²) in [4.78, 5) is 0. The van der Waals surface area contributed by atoms with Crippen molar-refractivity contribution >= 4 is 21.6 Å². The fourth-order valence-corrected chi connectivity index (χ4v) is 1.82. The zero-order valence-corrected chi connectivity index (χ0v) is 11.1. The van der Waals surface area contributed by atoms with E-state index in [1.807, 2.05) is 0 Å². The largest absolute Gasteiger partial charge is 0.314 e. The fourth-order valence-electron chi connectivity index (χ4n) is 0.834. The molecule has 0 radical (unpaired) electrons. The molecule has 0 aliphatic carbocycles. The van der Waals surface area contributed by atoms with E-state index in [-0.39, 0.29) is 16.3 Å². The second kappa shape index (κ2) is 5.98. The predicted octanol–water partition coefficient (Wildman–Crippen LogP) is 1.15. The van der Waals surface area contributed by atoms with Gasteiger partial charge in [0, 0.05) is 23.6 Å². The molecule has 0 saturated heterocycles. The normalized spacial score (nSPS) is 13.1. The van der Waals surface area contributed by atoms with Crippen molar-refractivity contribution < 1.29 is 8.42 Å². The van der Waals surface area contributed by atoms with Gasteiger partial charge in [0.05, 0.1) is 5.75 Å². The van der Waals surface area contributed by atoms with Gasteiger partial charge in [-0.1, -0.05) is 6.92 Å². The summed E-state index contributed by atoms with van der Waals surface area (Å²) in [7, 11) is -2.81. The molecule has 0 aliphatic rings. The van der Waals surface area contributed by atoms with Crippen LogP contribution in [0.2, 0.25) is 0 Å². The van der Waals surface area contributed by atoms with Gasteiger partial charge in [0.1, 0.15) is 0 Å². The summed E-state index contributed by atoms with van der Waals surface area (Å²) in [6.45, 7) is 7.35. The van der Waals surface area contributed by atoms with E-state index >= 15 is 0 Å². The second-order valence-electron chi connectivity index (χ2n) is 3.88. The molecule has 0 aliphatic heterocycles. The molecule has 0 bridgehead atoms. The van der Waals surface area contributed by atoms with Crippen LogP contribution in [0.15, 0.2) is 0 Å². The first-order valence-electron chi connectivity index (χ1n) is 4.79. The predicted molar refractivity (Wildman–Crippen MR) is 64.8 cm³/mol. The minimum Gasteiger partial charge on any atom is -0.314 e. The van der Waals surface area contributed by atoms with Crippen LogP contribution >= 0.6 is 11.8 Å². The summed E-state index contributed by atoms with van der Waals surface area (Å²) in [6, 6.07) is 0. The van der Waals surface area contributed by atoms with Crippen molar-refractivity contribution in [2.24, 2.45) is 0 Å². The Morgan fingerprint density at radius 3 is 2.36 bits per heavy atom. The molecule has 0 aromatic heterocycles. The summed E-state index contributed by atoms with van der Waals surface area (Å²) in [5.74, 6) is 0.481. The third kappa shape index (κ3) is 6.68. The van der Waals surface area contributed by atoms with Crippen LogP contribution < -0.4 is 5.32 Å². The Labute approximate surface area is 92.0 Å². The van der Waals surface area contributed by atoms with Crippen LogP contribution in [-0.4, -0.2) is 44.0 Å². The van der Waals surface area contributed by atoms with Crippen LogP contribution in [0.5, 0.6) is 0 Å². The van der Waals surface area contributed by atoms with Gasteiger partial charge >= 0.3 is 0 Å². The van der Waals surface area contributed by atoms with Crippen LogP contribution in [0.4, 0.5) is 0 Å². The van der Waals surface area contributed by atoms with Crippen molar-refractivity contribution in [3.05, 3.63) is 0 Å². The monoisotopic (exact) mass is 239 g/mol. The molecule has 0 saturated carbocycles. The van der Waals surface area contributed by atoms with E-state index in [4.69, 9.17) is 0 Å². The summed E-state index contributed by atoms with van der Waals surface area (Å²) < 4.78 is 22.5. The molecule has 14 heavy (non-hydrogen) atoms. The molecular weight excluding hydrogens is 218 g/mol. The zero-order chi connectivity index (χ0) is 11.2. The van der Waals surface area contributed by atoms with Gasteiger partial charge in [0.2, 0.25) is 0 Å². The minimum absolute atomic E-state index is 0.177. The van der Waals surface area contributed by atoms with Crippen LogP contribution in [0.3, 0.4) is 0 Å². The first-order chi connectivity index (χ1) is 6.33. The zero-order valence-electron chi connectivity index (χ0n) is 9.46. The summed E-state index contributed by atoms with van der Waals surface area (Å²) >= 11 is 1.78. The SMILES string of the molecule is CCS(=O)(=O)CCNCC(C)(C)SC. The molecule has 0 fully saturated rings. The van der Waals surface area contributed by atoms with Crippen LogP contribution in [0, 0.1) is 0 Å². The molecule has 0 amide bonds. The van der Waals surface area contributed by atoms with E-state index < -0.39 is 9.84 Å². The maximum absolute atomic E-state index is 11.1. The molecule has 1 N–H and O–H groups in total. The number of rotatable bonds is 7. The number of sulfone groups is 1. The van der Waals surface area contributed by atoms with Crippen molar-refractivity contribution in [3.8, 4) is 0 Å². The average Bonchev–Trinajstić information content (AvgIpc) is 2.13. The van der Waals surface area contributed by atoms with Gasteiger partial charge in [-0.3, -0.25) is 0 Å². The van der Waals surface area contributed by atoms with Gasteiger partial charge in [-0.25, -0.2) is 8.42 Å². The molecule has 0 atom stereocenters. The van der Waals surface area contributed by atoms with Crippen molar-refractivity contribution in [2.75, 3.05) is 30.9 Å². The molecule has 0 aromatic carbocycles. The van der Waals surface area contributed by atoms with Gasteiger partial charge in [0.15, 0.2) is 9.84 Å². The van der Waals surface area contributed by atoms with E-state index in [9.17, 15) is 8.42 Å². The first kappa shape index (κ1) is 14.3. The van der Waals surface area contributed by atoms with Crippen LogP contribution in [0.1, 0.15) is 20.8 Å². The van der Waals surface area contributed by atoms with E-state index in [0.29, 0.717) is 6.54 Å². The molecule has 0 heterocycles. The highest BCUT2D eigenvalue weighted by Gasteiger charge is 2.15. The fraction of sp³-hybridized carbons (Fsp3) is 1.00. The van der Waals surface area contributed by atoms with Crippen LogP contribution in [-0.2, 0) is 9.84 Å². The Hall–Kier alpha value is 0.260. The Bertz CT molecular complexity index is 248. The molecule has 0 unspecified atom stereocenters. The van der Waals surface area contributed by atoms with Gasteiger partial charge in [-0.05, 0) is 20.1 Å². The van der Waals surface area contributed by atoms with Gasteiger partial charge in [-0.15, -0.1) is 0 Å². The van der Waals surface area contributed by atoms with E-state index in [2.05, 4.69) is 25.4 Å². The van der Waals surface area contributed by atoms with Gasteiger partial charge < -0.3 is 5.32 Å². The van der Waals surface area contributed by atoms with Crippen molar-refractivity contribution in [1.82, 2.24) is 5.32 Å². The lowest BCUT2D eigenvalue weighted by atomic mass is 10.2. The highest BCUT2D eigenvalue weighted by Crippen LogP contribution is 2.19.